The molecule has 0 bridgehead atoms. The van der Waals surface area contributed by atoms with Crippen LogP contribution in [0.15, 0.2) is 47.1 Å². The quantitative estimate of drug-likeness (QED) is 0.850. The molecule has 3 nitrogen and oxygen atoms in total. The minimum Gasteiger partial charge on any atom is -0.355 e. The van der Waals surface area contributed by atoms with Gasteiger partial charge in [-0.1, -0.05) is 47.1 Å². The van der Waals surface area contributed by atoms with Crippen LogP contribution in [0.5, 0.6) is 0 Å². The van der Waals surface area contributed by atoms with Crippen molar-refractivity contribution in [2.24, 2.45) is 0 Å². The molecule has 1 unspecified atom stereocenters. The Bertz CT molecular complexity index is 569. The Balaban J connectivity index is 2.06. The largest absolute Gasteiger partial charge is 0.355 e. The van der Waals surface area contributed by atoms with Crippen LogP contribution >= 0.6 is 15.9 Å². The van der Waals surface area contributed by atoms with Crippen LogP contribution in [0, 0.1) is 0 Å². The summed E-state index contributed by atoms with van der Waals surface area (Å²) in [6.45, 7) is 6.07. The second-order valence-electron chi connectivity index (χ2n) is 5.18. The number of pyridine rings is 1. The van der Waals surface area contributed by atoms with Crippen molar-refractivity contribution in [3.8, 4) is 0 Å². The third-order valence-electron chi connectivity index (χ3n) is 3.54. The number of aromatic nitrogens is 1. The summed E-state index contributed by atoms with van der Waals surface area (Å²) in [5.41, 5.74) is 2.47. The van der Waals surface area contributed by atoms with Crippen molar-refractivity contribution in [2.75, 3.05) is 18.5 Å². The SMILES string of the molecule is CCNC(C)c1ccc(N(C)Cc2ccccc2Br)nc1. The average Bonchev–Trinajstić information content (AvgIpc) is 2.50. The lowest BCUT2D eigenvalue weighted by Crippen LogP contribution is -2.20. The lowest BCUT2D eigenvalue weighted by molar-refractivity contribution is 0.596. The topological polar surface area (TPSA) is 28.2 Å². The van der Waals surface area contributed by atoms with Crippen molar-refractivity contribution in [3.63, 3.8) is 0 Å². The van der Waals surface area contributed by atoms with Crippen LogP contribution in [0.2, 0.25) is 0 Å². The van der Waals surface area contributed by atoms with Gasteiger partial charge in [0.15, 0.2) is 0 Å². The van der Waals surface area contributed by atoms with Gasteiger partial charge in [-0.15, -0.1) is 0 Å². The second kappa shape index (κ2) is 7.57. The molecule has 0 fully saturated rings. The molecular formula is C17H22BrN3. The molecule has 1 aromatic heterocycles. The summed E-state index contributed by atoms with van der Waals surface area (Å²) in [7, 11) is 2.06. The molecule has 1 aromatic carbocycles. The summed E-state index contributed by atoms with van der Waals surface area (Å²) >= 11 is 3.59. The second-order valence-corrected chi connectivity index (χ2v) is 6.03. The van der Waals surface area contributed by atoms with Crippen molar-refractivity contribution in [1.82, 2.24) is 10.3 Å². The van der Waals surface area contributed by atoms with Crippen LogP contribution in [0.4, 0.5) is 5.82 Å². The summed E-state index contributed by atoms with van der Waals surface area (Å²) < 4.78 is 1.13. The van der Waals surface area contributed by atoms with Gasteiger partial charge < -0.3 is 10.2 Å². The van der Waals surface area contributed by atoms with Crippen molar-refractivity contribution in [1.29, 1.82) is 0 Å². The molecule has 0 spiro atoms. The summed E-state index contributed by atoms with van der Waals surface area (Å²) in [5, 5.41) is 3.40. The molecule has 0 amide bonds. The molecule has 1 N–H and O–H groups in total. The maximum absolute atomic E-state index is 4.58. The number of benzene rings is 1. The first-order valence-electron chi connectivity index (χ1n) is 7.25. The van der Waals surface area contributed by atoms with Gasteiger partial charge in [-0.3, -0.25) is 0 Å². The smallest absolute Gasteiger partial charge is 0.128 e. The number of hydrogen-bond donors (Lipinski definition) is 1. The highest BCUT2D eigenvalue weighted by Crippen LogP contribution is 2.21. The molecule has 0 aliphatic rings. The van der Waals surface area contributed by atoms with Crippen molar-refractivity contribution < 1.29 is 0 Å². The number of nitrogens with zero attached hydrogens (tertiary/aromatic N) is 2. The van der Waals surface area contributed by atoms with Crippen LogP contribution in [-0.4, -0.2) is 18.6 Å². The minimum atomic E-state index is 0.338. The number of nitrogens with one attached hydrogen (secondary N) is 1. The third-order valence-corrected chi connectivity index (χ3v) is 4.31. The lowest BCUT2D eigenvalue weighted by Gasteiger charge is -2.20. The monoisotopic (exact) mass is 347 g/mol. The van der Waals surface area contributed by atoms with E-state index in [4.69, 9.17) is 0 Å². The minimum absolute atomic E-state index is 0.338. The van der Waals surface area contributed by atoms with E-state index in [-0.39, 0.29) is 0 Å². The molecule has 0 saturated carbocycles. The molecule has 0 aliphatic carbocycles. The number of anilines is 1. The van der Waals surface area contributed by atoms with Gasteiger partial charge in [0.2, 0.25) is 0 Å². The van der Waals surface area contributed by atoms with E-state index in [9.17, 15) is 0 Å². The lowest BCUT2D eigenvalue weighted by atomic mass is 10.1. The summed E-state index contributed by atoms with van der Waals surface area (Å²) in [4.78, 5) is 6.73. The average molecular weight is 348 g/mol. The standard InChI is InChI=1S/C17H22BrN3/c1-4-19-13(2)14-9-10-17(20-11-14)21(3)12-15-7-5-6-8-16(15)18/h5-11,13,19H,4,12H2,1-3H3. The molecule has 1 atom stereocenters. The Morgan fingerprint density at radius 3 is 2.62 bits per heavy atom. The third kappa shape index (κ3) is 4.29. The van der Waals surface area contributed by atoms with E-state index in [2.05, 4.69) is 82.4 Å². The molecule has 0 saturated heterocycles. The predicted octanol–water partition coefficient (Wildman–Crippen LogP) is 4.15. The maximum Gasteiger partial charge on any atom is 0.128 e. The van der Waals surface area contributed by atoms with Crippen LogP contribution in [0.1, 0.15) is 31.0 Å². The Morgan fingerprint density at radius 2 is 2.00 bits per heavy atom. The van der Waals surface area contributed by atoms with Gasteiger partial charge >= 0.3 is 0 Å². The van der Waals surface area contributed by atoms with E-state index in [1.54, 1.807) is 0 Å². The van der Waals surface area contributed by atoms with E-state index in [0.717, 1.165) is 23.4 Å². The zero-order chi connectivity index (χ0) is 15.2. The first-order chi connectivity index (χ1) is 10.1. The fourth-order valence-electron chi connectivity index (χ4n) is 2.27. The first-order valence-corrected chi connectivity index (χ1v) is 8.05. The van der Waals surface area contributed by atoms with Gasteiger partial charge in [-0.25, -0.2) is 4.98 Å². The van der Waals surface area contributed by atoms with Gasteiger partial charge in [-0.2, -0.15) is 0 Å². The van der Waals surface area contributed by atoms with Crippen LogP contribution < -0.4 is 10.2 Å². The Kier molecular flexibility index (Phi) is 5.76. The van der Waals surface area contributed by atoms with E-state index < -0.39 is 0 Å². The number of halogens is 1. The van der Waals surface area contributed by atoms with Crippen molar-refractivity contribution in [3.05, 3.63) is 58.2 Å². The summed E-state index contributed by atoms with van der Waals surface area (Å²) in [6, 6.07) is 12.8. The summed E-state index contributed by atoms with van der Waals surface area (Å²) in [6.07, 6.45) is 1.96. The van der Waals surface area contributed by atoms with Crippen molar-refractivity contribution >= 4 is 21.7 Å². The van der Waals surface area contributed by atoms with Gasteiger partial charge in [0.1, 0.15) is 5.82 Å². The van der Waals surface area contributed by atoms with Crippen molar-refractivity contribution in [2.45, 2.75) is 26.4 Å². The Hall–Kier alpha value is -1.39. The van der Waals surface area contributed by atoms with Crippen LogP contribution in [-0.2, 0) is 6.54 Å². The zero-order valence-corrected chi connectivity index (χ0v) is 14.4. The highest BCUT2D eigenvalue weighted by molar-refractivity contribution is 9.10. The van der Waals surface area contributed by atoms with Gasteiger partial charge in [0.25, 0.3) is 0 Å². The molecule has 0 aliphatic heterocycles. The zero-order valence-electron chi connectivity index (χ0n) is 12.8. The Labute approximate surface area is 135 Å². The highest BCUT2D eigenvalue weighted by atomic mass is 79.9. The molecule has 21 heavy (non-hydrogen) atoms. The molecule has 2 rings (SSSR count). The molecular weight excluding hydrogens is 326 g/mol. The van der Waals surface area contributed by atoms with Crippen LogP contribution in [0.3, 0.4) is 0 Å². The maximum atomic E-state index is 4.58. The first kappa shape index (κ1) is 16.0. The molecule has 2 aromatic rings. The normalized spacial score (nSPS) is 12.2. The van der Waals surface area contributed by atoms with Crippen LogP contribution in [0.25, 0.3) is 0 Å². The van der Waals surface area contributed by atoms with E-state index in [1.807, 2.05) is 12.3 Å². The van der Waals surface area contributed by atoms with Gasteiger partial charge in [0.05, 0.1) is 0 Å². The molecule has 1 heterocycles. The van der Waals surface area contributed by atoms with Gasteiger partial charge in [-0.05, 0) is 36.7 Å². The van der Waals surface area contributed by atoms with Gasteiger partial charge in [0, 0.05) is 30.3 Å². The molecule has 0 radical (unpaired) electrons. The number of rotatable bonds is 6. The molecule has 112 valence electrons. The number of hydrogen-bond acceptors (Lipinski definition) is 3. The van der Waals surface area contributed by atoms with E-state index in [1.165, 1.54) is 11.1 Å². The predicted molar refractivity (Wildman–Crippen MR) is 92.6 cm³/mol. The fourth-order valence-corrected chi connectivity index (χ4v) is 2.68. The van der Waals surface area contributed by atoms with E-state index in [0.29, 0.717) is 6.04 Å². The fraction of sp³-hybridized carbons (Fsp3) is 0.353. The Morgan fingerprint density at radius 1 is 1.24 bits per heavy atom. The van der Waals surface area contributed by atoms with E-state index >= 15 is 0 Å². The highest BCUT2D eigenvalue weighted by Gasteiger charge is 2.08. The summed E-state index contributed by atoms with van der Waals surface area (Å²) in [5.74, 6) is 0.984. The molecule has 4 heteroatoms.